The summed E-state index contributed by atoms with van der Waals surface area (Å²) < 4.78 is 0. The van der Waals surface area contributed by atoms with Gasteiger partial charge in [-0.05, 0) is 36.3 Å². The molecule has 0 bridgehead atoms. The molecule has 92 valence electrons. The summed E-state index contributed by atoms with van der Waals surface area (Å²) in [4.78, 5) is 10.6. The fraction of sp³-hybridized carbons (Fsp3) is 0.538. The van der Waals surface area contributed by atoms with Gasteiger partial charge in [-0.15, -0.1) is 0 Å². The molecule has 1 aromatic carbocycles. The lowest BCUT2D eigenvalue weighted by atomic mass is 10.0. The molecule has 0 heterocycles. The van der Waals surface area contributed by atoms with Crippen molar-refractivity contribution >= 4 is 5.69 Å². The first-order valence-electron chi connectivity index (χ1n) is 5.84. The number of nitro benzene ring substituents is 1. The van der Waals surface area contributed by atoms with Crippen molar-refractivity contribution in [2.45, 2.75) is 26.7 Å². The minimum absolute atomic E-state index is 0.165. The van der Waals surface area contributed by atoms with E-state index in [1.165, 1.54) is 0 Å². The Balaban J connectivity index is 2.36. The third-order valence-corrected chi connectivity index (χ3v) is 4.09. The largest absolute Gasteiger partial charge is 0.330 e. The first-order chi connectivity index (χ1) is 7.89. The summed E-state index contributed by atoms with van der Waals surface area (Å²) in [5.41, 5.74) is 7.86. The summed E-state index contributed by atoms with van der Waals surface area (Å²) >= 11 is 0. The van der Waals surface area contributed by atoms with Crippen LogP contribution in [0.15, 0.2) is 18.2 Å². The molecule has 4 heteroatoms. The molecule has 2 N–H and O–H groups in total. The number of hydrogen-bond acceptors (Lipinski definition) is 3. The van der Waals surface area contributed by atoms with Crippen molar-refractivity contribution in [2.75, 3.05) is 6.54 Å². The van der Waals surface area contributed by atoms with E-state index in [1.54, 1.807) is 13.0 Å². The number of rotatable bonds is 3. The van der Waals surface area contributed by atoms with Crippen molar-refractivity contribution < 1.29 is 4.92 Å². The van der Waals surface area contributed by atoms with Gasteiger partial charge < -0.3 is 5.73 Å². The van der Waals surface area contributed by atoms with E-state index in [0.29, 0.717) is 23.9 Å². The van der Waals surface area contributed by atoms with Crippen molar-refractivity contribution in [1.82, 2.24) is 0 Å². The highest BCUT2D eigenvalue weighted by atomic mass is 16.6. The molecule has 0 aliphatic heterocycles. The summed E-state index contributed by atoms with van der Waals surface area (Å²) in [7, 11) is 0. The van der Waals surface area contributed by atoms with Crippen molar-refractivity contribution in [3.8, 4) is 0 Å². The van der Waals surface area contributed by atoms with Crippen LogP contribution >= 0.6 is 0 Å². The number of nitrogens with zero attached hydrogens (tertiary/aromatic N) is 1. The van der Waals surface area contributed by atoms with Gasteiger partial charge in [-0.1, -0.05) is 26.0 Å². The van der Waals surface area contributed by atoms with Gasteiger partial charge >= 0.3 is 0 Å². The Hall–Kier alpha value is -1.42. The minimum atomic E-state index is -0.314. The Kier molecular flexibility index (Phi) is 2.70. The molecule has 0 amide bonds. The van der Waals surface area contributed by atoms with E-state index in [-0.39, 0.29) is 16.0 Å². The zero-order chi connectivity index (χ0) is 12.8. The van der Waals surface area contributed by atoms with E-state index in [2.05, 4.69) is 13.8 Å². The van der Waals surface area contributed by atoms with E-state index in [9.17, 15) is 10.1 Å². The van der Waals surface area contributed by atoms with Gasteiger partial charge in [0.1, 0.15) is 0 Å². The first-order valence-corrected chi connectivity index (χ1v) is 5.84. The van der Waals surface area contributed by atoms with Crippen molar-refractivity contribution in [3.05, 3.63) is 39.4 Å². The van der Waals surface area contributed by atoms with Crippen molar-refractivity contribution in [3.63, 3.8) is 0 Å². The molecule has 0 unspecified atom stereocenters. The molecule has 1 aliphatic carbocycles. The monoisotopic (exact) mass is 234 g/mol. The Morgan fingerprint density at radius 2 is 2.12 bits per heavy atom. The van der Waals surface area contributed by atoms with Gasteiger partial charge in [0.25, 0.3) is 5.69 Å². The SMILES string of the molecule is Cc1ccc([C@@H]2[C@@H](CN)C2(C)C)cc1[N+](=O)[O-]. The highest BCUT2D eigenvalue weighted by molar-refractivity contribution is 5.46. The second-order valence-corrected chi connectivity index (χ2v) is 5.44. The fourth-order valence-corrected chi connectivity index (χ4v) is 2.86. The number of aryl methyl sites for hydroxylation is 1. The molecular weight excluding hydrogens is 216 g/mol. The van der Waals surface area contributed by atoms with Gasteiger partial charge in [-0.3, -0.25) is 10.1 Å². The number of nitrogens with two attached hydrogens (primary N) is 1. The van der Waals surface area contributed by atoms with Crippen LogP contribution in [0.4, 0.5) is 5.69 Å². The Morgan fingerprint density at radius 3 is 2.59 bits per heavy atom. The highest BCUT2D eigenvalue weighted by Crippen LogP contribution is 2.64. The molecule has 0 aromatic heterocycles. The van der Waals surface area contributed by atoms with Crippen LogP contribution in [0, 0.1) is 28.4 Å². The van der Waals surface area contributed by atoms with Gasteiger partial charge in [0.05, 0.1) is 4.92 Å². The predicted molar refractivity (Wildman–Crippen MR) is 66.9 cm³/mol. The second kappa shape index (κ2) is 3.81. The van der Waals surface area contributed by atoms with Crippen molar-refractivity contribution in [1.29, 1.82) is 0 Å². The summed E-state index contributed by atoms with van der Waals surface area (Å²) in [6.45, 7) is 6.74. The molecule has 4 nitrogen and oxygen atoms in total. The topological polar surface area (TPSA) is 69.2 Å². The lowest BCUT2D eigenvalue weighted by molar-refractivity contribution is -0.385. The molecule has 0 radical (unpaired) electrons. The summed E-state index contributed by atoms with van der Waals surface area (Å²) in [6.07, 6.45) is 0. The number of nitro groups is 1. The van der Waals surface area contributed by atoms with Gasteiger partial charge in [-0.2, -0.15) is 0 Å². The molecule has 17 heavy (non-hydrogen) atoms. The van der Waals surface area contributed by atoms with E-state index in [1.807, 2.05) is 12.1 Å². The zero-order valence-corrected chi connectivity index (χ0v) is 10.4. The van der Waals surface area contributed by atoms with E-state index in [0.717, 1.165) is 5.56 Å². The van der Waals surface area contributed by atoms with Gasteiger partial charge in [0.15, 0.2) is 0 Å². The van der Waals surface area contributed by atoms with Crippen LogP contribution in [0.2, 0.25) is 0 Å². The van der Waals surface area contributed by atoms with Gasteiger partial charge in [0.2, 0.25) is 0 Å². The van der Waals surface area contributed by atoms with Crippen LogP contribution in [0.5, 0.6) is 0 Å². The minimum Gasteiger partial charge on any atom is -0.330 e. The average molecular weight is 234 g/mol. The van der Waals surface area contributed by atoms with E-state index in [4.69, 9.17) is 5.73 Å². The van der Waals surface area contributed by atoms with Crippen LogP contribution in [-0.4, -0.2) is 11.5 Å². The predicted octanol–water partition coefficient (Wildman–Crippen LogP) is 2.60. The van der Waals surface area contributed by atoms with Crippen LogP contribution in [0.25, 0.3) is 0 Å². The van der Waals surface area contributed by atoms with Crippen LogP contribution in [-0.2, 0) is 0 Å². The number of benzene rings is 1. The van der Waals surface area contributed by atoms with E-state index < -0.39 is 0 Å². The summed E-state index contributed by atoms with van der Waals surface area (Å²) in [5, 5.41) is 10.9. The Labute approximate surface area is 101 Å². The van der Waals surface area contributed by atoms with Crippen molar-refractivity contribution in [2.24, 2.45) is 17.1 Å². The fourth-order valence-electron chi connectivity index (χ4n) is 2.86. The number of hydrogen-bond donors (Lipinski definition) is 1. The molecular formula is C13H18N2O2. The normalized spacial score (nSPS) is 25.6. The van der Waals surface area contributed by atoms with Crippen LogP contribution in [0.1, 0.15) is 30.9 Å². The maximum Gasteiger partial charge on any atom is 0.272 e. The second-order valence-electron chi connectivity index (χ2n) is 5.44. The molecule has 1 fully saturated rings. The molecule has 2 rings (SSSR count). The van der Waals surface area contributed by atoms with E-state index >= 15 is 0 Å². The van der Waals surface area contributed by atoms with Gasteiger partial charge in [0, 0.05) is 11.6 Å². The van der Waals surface area contributed by atoms with Gasteiger partial charge in [-0.25, -0.2) is 0 Å². The smallest absolute Gasteiger partial charge is 0.272 e. The molecule has 1 aliphatic rings. The molecule has 0 saturated heterocycles. The average Bonchev–Trinajstić information content (AvgIpc) is 2.81. The lowest BCUT2D eigenvalue weighted by Crippen LogP contribution is -2.05. The zero-order valence-electron chi connectivity index (χ0n) is 10.4. The standard InChI is InChI=1S/C13H18N2O2/c1-8-4-5-9(6-11(8)15(16)17)12-10(7-14)13(12,2)3/h4-6,10,12H,7,14H2,1-3H3/t10-,12-/m1/s1. The maximum atomic E-state index is 10.9. The molecule has 1 saturated carbocycles. The quantitative estimate of drug-likeness (QED) is 0.645. The van der Waals surface area contributed by atoms with Crippen LogP contribution in [0.3, 0.4) is 0 Å². The summed E-state index contributed by atoms with van der Waals surface area (Å²) in [6, 6.07) is 5.53. The highest BCUT2D eigenvalue weighted by Gasteiger charge is 2.57. The lowest BCUT2D eigenvalue weighted by Gasteiger charge is -2.04. The van der Waals surface area contributed by atoms with Crippen LogP contribution < -0.4 is 5.73 Å². The third kappa shape index (κ3) is 1.82. The molecule has 2 atom stereocenters. The third-order valence-electron chi connectivity index (χ3n) is 4.09. The Bertz CT molecular complexity index is 468. The first kappa shape index (κ1) is 12.0. The Morgan fingerprint density at radius 1 is 1.47 bits per heavy atom. The molecule has 0 spiro atoms. The molecule has 1 aromatic rings. The maximum absolute atomic E-state index is 10.9. The summed E-state index contributed by atoms with van der Waals surface area (Å²) in [5.74, 6) is 0.789.